The first-order valence-corrected chi connectivity index (χ1v) is 10.6. The van der Waals surface area contributed by atoms with E-state index in [9.17, 15) is 14.2 Å². The Morgan fingerprint density at radius 3 is 2.08 bits per heavy atom. The summed E-state index contributed by atoms with van der Waals surface area (Å²) in [7, 11) is -3.19. The third-order valence-electron chi connectivity index (χ3n) is 4.05. The fourth-order valence-electron chi connectivity index (χ4n) is 2.46. The summed E-state index contributed by atoms with van der Waals surface area (Å²) in [6.45, 7) is 7.88. The summed E-state index contributed by atoms with van der Waals surface area (Å²) < 4.78 is 23.1. The Kier molecular flexibility index (Phi) is 8.99. The van der Waals surface area contributed by atoms with Crippen molar-refractivity contribution < 1.29 is 23.2 Å². The summed E-state index contributed by atoms with van der Waals surface area (Å²) >= 11 is 0. The highest BCUT2D eigenvalue weighted by molar-refractivity contribution is 7.53. The molecule has 26 heavy (non-hydrogen) atoms. The summed E-state index contributed by atoms with van der Waals surface area (Å²) in [4.78, 5) is 23.9. The molecule has 0 aliphatic heterocycles. The van der Waals surface area contributed by atoms with Crippen LogP contribution in [0.1, 0.15) is 50.0 Å². The number of hydrogen-bond acceptors (Lipinski definition) is 5. The number of rotatable bonds is 11. The van der Waals surface area contributed by atoms with Crippen LogP contribution in [-0.4, -0.2) is 31.1 Å². The van der Waals surface area contributed by atoms with Gasteiger partial charge in [-0.2, -0.15) is 0 Å². The monoisotopic (exact) mass is 384 g/mol. The predicted molar refractivity (Wildman–Crippen MR) is 101 cm³/mol. The molecule has 0 spiro atoms. The summed E-state index contributed by atoms with van der Waals surface area (Å²) in [6, 6.07) is 5.90. The lowest BCUT2D eigenvalue weighted by Gasteiger charge is -2.21. The predicted octanol–water partition coefficient (Wildman–Crippen LogP) is 3.08. The highest BCUT2D eigenvalue weighted by Gasteiger charge is 2.25. The molecule has 0 aliphatic rings. The molecule has 2 amide bonds. The minimum atomic E-state index is -3.19. The molecule has 0 aliphatic carbocycles. The molecule has 0 heterocycles. The van der Waals surface area contributed by atoms with Crippen molar-refractivity contribution in [3.05, 3.63) is 35.4 Å². The fraction of sp³-hybridized carbons (Fsp3) is 0.556. The zero-order valence-electron chi connectivity index (χ0n) is 15.9. The zero-order valence-corrected chi connectivity index (χ0v) is 16.8. The van der Waals surface area contributed by atoms with Gasteiger partial charge in [0.25, 0.3) is 5.91 Å². The van der Waals surface area contributed by atoms with Gasteiger partial charge in [-0.15, -0.1) is 0 Å². The molecule has 1 aromatic rings. The SMILES string of the molecule is CCOP(=O)(Cc1ccc(C(=O)N[C@@H](C(N)=O)[C@H](C)CC)cc1)OCC. The van der Waals surface area contributed by atoms with E-state index in [-0.39, 0.29) is 18.0 Å². The van der Waals surface area contributed by atoms with E-state index in [1.165, 1.54) is 0 Å². The minimum absolute atomic E-state index is 0.0565. The molecule has 0 fully saturated rings. The number of hydrogen-bond donors (Lipinski definition) is 2. The van der Waals surface area contributed by atoms with Gasteiger partial charge in [0, 0.05) is 5.56 Å². The van der Waals surface area contributed by atoms with E-state index in [0.717, 1.165) is 12.0 Å². The van der Waals surface area contributed by atoms with E-state index in [1.54, 1.807) is 38.1 Å². The van der Waals surface area contributed by atoms with Crippen LogP contribution in [0.2, 0.25) is 0 Å². The zero-order chi connectivity index (χ0) is 19.7. The molecule has 3 N–H and O–H groups in total. The Morgan fingerprint density at radius 1 is 1.12 bits per heavy atom. The van der Waals surface area contributed by atoms with Crippen LogP contribution >= 0.6 is 7.60 Å². The van der Waals surface area contributed by atoms with Gasteiger partial charge in [0.2, 0.25) is 5.91 Å². The standard InChI is InChI=1S/C18H29N2O5P/c1-5-13(4)16(17(19)21)20-18(22)15-10-8-14(9-11-15)12-26(23,24-6-2)25-7-3/h8-11,13,16H,5-7,12H2,1-4H3,(H2,19,21)(H,20,22)/t13-,16-/m1/s1. The summed E-state index contributed by atoms with van der Waals surface area (Å²) in [6.07, 6.45) is 0.852. The quantitative estimate of drug-likeness (QED) is 0.570. The summed E-state index contributed by atoms with van der Waals surface area (Å²) in [5, 5.41) is 2.67. The van der Waals surface area contributed by atoms with Crippen molar-refractivity contribution >= 4 is 19.4 Å². The number of nitrogens with two attached hydrogens (primary N) is 1. The normalized spacial score (nSPS) is 13.8. The smallest absolute Gasteiger partial charge is 0.335 e. The molecular formula is C18H29N2O5P. The Bertz CT molecular complexity index is 637. The molecule has 0 bridgehead atoms. The first kappa shape index (κ1) is 22.4. The molecule has 0 saturated carbocycles. The van der Waals surface area contributed by atoms with E-state index in [0.29, 0.717) is 18.8 Å². The van der Waals surface area contributed by atoms with Crippen LogP contribution in [0, 0.1) is 5.92 Å². The van der Waals surface area contributed by atoms with Crippen LogP contribution in [0.15, 0.2) is 24.3 Å². The van der Waals surface area contributed by atoms with Gasteiger partial charge < -0.3 is 20.1 Å². The molecule has 1 aromatic carbocycles. The summed E-state index contributed by atoms with van der Waals surface area (Å²) in [5.74, 6) is -0.990. The van der Waals surface area contributed by atoms with Crippen LogP contribution in [-0.2, 0) is 24.6 Å². The van der Waals surface area contributed by atoms with Crippen molar-refractivity contribution in [3.8, 4) is 0 Å². The molecule has 146 valence electrons. The highest BCUT2D eigenvalue weighted by Crippen LogP contribution is 2.51. The minimum Gasteiger partial charge on any atom is -0.368 e. The Labute approximate surface area is 155 Å². The molecule has 1 rings (SSSR count). The van der Waals surface area contributed by atoms with E-state index in [1.807, 2.05) is 13.8 Å². The lowest BCUT2D eigenvalue weighted by atomic mass is 9.98. The van der Waals surface area contributed by atoms with Gasteiger partial charge in [-0.05, 0) is 37.5 Å². The van der Waals surface area contributed by atoms with E-state index >= 15 is 0 Å². The topological polar surface area (TPSA) is 108 Å². The largest absolute Gasteiger partial charge is 0.368 e. The fourth-order valence-corrected chi connectivity index (χ4v) is 4.16. The van der Waals surface area contributed by atoms with Gasteiger partial charge in [-0.1, -0.05) is 32.4 Å². The van der Waals surface area contributed by atoms with Crippen molar-refractivity contribution in [2.75, 3.05) is 13.2 Å². The number of primary amides is 1. The maximum absolute atomic E-state index is 12.6. The van der Waals surface area contributed by atoms with Crippen molar-refractivity contribution in [3.63, 3.8) is 0 Å². The molecular weight excluding hydrogens is 355 g/mol. The second-order valence-electron chi connectivity index (χ2n) is 6.04. The molecule has 7 nitrogen and oxygen atoms in total. The van der Waals surface area contributed by atoms with Crippen LogP contribution in [0.5, 0.6) is 0 Å². The Morgan fingerprint density at radius 2 is 1.65 bits per heavy atom. The van der Waals surface area contributed by atoms with E-state index < -0.39 is 19.5 Å². The van der Waals surface area contributed by atoms with Crippen LogP contribution < -0.4 is 11.1 Å². The summed E-state index contributed by atoms with van der Waals surface area (Å²) in [5.41, 5.74) is 6.51. The molecule has 0 aromatic heterocycles. The van der Waals surface area contributed by atoms with Crippen molar-refractivity contribution in [2.24, 2.45) is 11.7 Å². The number of carbonyl (C=O) groups is 2. The molecule has 0 saturated heterocycles. The van der Waals surface area contributed by atoms with Crippen molar-refractivity contribution in [1.29, 1.82) is 0 Å². The average Bonchev–Trinajstić information content (AvgIpc) is 2.59. The Balaban J connectivity index is 2.84. The van der Waals surface area contributed by atoms with Gasteiger partial charge in [0.1, 0.15) is 6.04 Å². The third kappa shape index (κ3) is 6.56. The van der Waals surface area contributed by atoms with Crippen LogP contribution in [0.3, 0.4) is 0 Å². The van der Waals surface area contributed by atoms with Crippen LogP contribution in [0.25, 0.3) is 0 Å². The van der Waals surface area contributed by atoms with Gasteiger partial charge in [0.05, 0.1) is 19.4 Å². The second-order valence-corrected chi connectivity index (χ2v) is 8.09. The van der Waals surface area contributed by atoms with Crippen LogP contribution in [0.4, 0.5) is 0 Å². The molecule has 8 heteroatoms. The van der Waals surface area contributed by atoms with Crippen molar-refractivity contribution in [1.82, 2.24) is 5.32 Å². The number of benzene rings is 1. The number of amides is 2. The molecule has 2 atom stereocenters. The maximum Gasteiger partial charge on any atom is 0.335 e. The third-order valence-corrected chi connectivity index (χ3v) is 6.11. The first-order chi connectivity index (χ1) is 12.3. The first-order valence-electron chi connectivity index (χ1n) is 8.83. The highest BCUT2D eigenvalue weighted by atomic mass is 31.2. The lowest BCUT2D eigenvalue weighted by molar-refractivity contribution is -0.120. The van der Waals surface area contributed by atoms with E-state index in [4.69, 9.17) is 14.8 Å². The lowest BCUT2D eigenvalue weighted by Crippen LogP contribution is -2.48. The Hall–Kier alpha value is -1.69. The maximum atomic E-state index is 12.6. The average molecular weight is 384 g/mol. The number of nitrogens with one attached hydrogen (secondary N) is 1. The number of carbonyl (C=O) groups excluding carboxylic acids is 2. The van der Waals surface area contributed by atoms with Gasteiger partial charge >= 0.3 is 7.60 Å². The van der Waals surface area contributed by atoms with Gasteiger partial charge in [-0.3, -0.25) is 14.2 Å². The molecule has 0 unspecified atom stereocenters. The molecule has 0 radical (unpaired) electrons. The van der Waals surface area contributed by atoms with Gasteiger partial charge in [-0.25, -0.2) is 0 Å². The second kappa shape index (κ2) is 10.5. The van der Waals surface area contributed by atoms with Crippen molar-refractivity contribution in [2.45, 2.75) is 46.3 Å². The van der Waals surface area contributed by atoms with Gasteiger partial charge in [0.15, 0.2) is 0 Å². The van der Waals surface area contributed by atoms with E-state index in [2.05, 4.69) is 5.32 Å².